The normalized spacial score (nSPS) is 21.9. The first kappa shape index (κ1) is 14.1. The maximum atomic E-state index is 4.34. The molecule has 0 bridgehead atoms. The van der Waals surface area contributed by atoms with Crippen LogP contribution in [0.1, 0.15) is 52.9 Å². The zero-order valence-electron chi connectivity index (χ0n) is 12.4. The van der Waals surface area contributed by atoms with Gasteiger partial charge >= 0.3 is 0 Å². The SMILES string of the molecule is CCCNc1cc(NC2CCCCC2(C)C)ncn1. The van der Waals surface area contributed by atoms with Crippen LogP contribution in [-0.4, -0.2) is 22.6 Å². The molecule has 1 aliphatic rings. The van der Waals surface area contributed by atoms with Crippen LogP contribution >= 0.6 is 0 Å². The van der Waals surface area contributed by atoms with Crippen molar-refractivity contribution in [3.8, 4) is 0 Å². The number of hydrogen-bond donors (Lipinski definition) is 2. The summed E-state index contributed by atoms with van der Waals surface area (Å²) in [6.07, 6.45) is 7.91. The third-order valence-corrected chi connectivity index (χ3v) is 4.05. The van der Waals surface area contributed by atoms with Gasteiger partial charge in [0, 0.05) is 18.7 Å². The number of anilines is 2. The Labute approximate surface area is 116 Å². The third kappa shape index (κ3) is 3.82. The Kier molecular flexibility index (Phi) is 4.61. The molecule has 2 rings (SSSR count). The lowest BCUT2D eigenvalue weighted by Crippen LogP contribution is -2.39. The van der Waals surface area contributed by atoms with Crippen molar-refractivity contribution in [2.75, 3.05) is 17.2 Å². The molecule has 4 nitrogen and oxygen atoms in total. The largest absolute Gasteiger partial charge is 0.370 e. The molecule has 1 saturated carbocycles. The lowest BCUT2D eigenvalue weighted by atomic mass is 9.73. The number of hydrogen-bond acceptors (Lipinski definition) is 4. The lowest BCUT2D eigenvalue weighted by molar-refractivity contribution is 0.216. The van der Waals surface area contributed by atoms with Crippen LogP contribution in [0.25, 0.3) is 0 Å². The van der Waals surface area contributed by atoms with Gasteiger partial charge in [0.2, 0.25) is 0 Å². The molecule has 1 heterocycles. The van der Waals surface area contributed by atoms with Crippen molar-refractivity contribution in [3.63, 3.8) is 0 Å². The van der Waals surface area contributed by atoms with Crippen LogP contribution in [0.3, 0.4) is 0 Å². The first-order valence-corrected chi connectivity index (χ1v) is 7.44. The van der Waals surface area contributed by atoms with Crippen LogP contribution in [0.2, 0.25) is 0 Å². The molecule has 0 spiro atoms. The van der Waals surface area contributed by atoms with Crippen LogP contribution < -0.4 is 10.6 Å². The summed E-state index contributed by atoms with van der Waals surface area (Å²) in [5.74, 6) is 1.85. The van der Waals surface area contributed by atoms with Gasteiger partial charge in [0.25, 0.3) is 0 Å². The molecule has 0 saturated heterocycles. The van der Waals surface area contributed by atoms with E-state index in [2.05, 4.69) is 41.4 Å². The van der Waals surface area contributed by atoms with E-state index in [4.69, 9.17) is 0 Å². The summed E-state index contributed by atoms with van der Waals surface area (Å²) >= 11 is 0. The fourth-order valence-corrected chi connectivity index (χ4v) is 2.73. The summed E-state index contributed by atoms with van der Waals surface area (Å²) in [6.45, 7) is 7.80. The van der Waals surface area contributed by atoms with E-state index in [-0.39, 0.29) is 0 Å². The van der Waals surface area contributed by atoms with Gasteiger partial charge in [-0.25, -0.2) is 9.97 Å². The number of nitrogens with zero attached hydrogens (tertiary/aromatic N) is 2. The Morgan fingerprint density at radius 3 is 2.79 bits per heavy atom. The minimum atomic E-state index is 0.347. The van der Waals surface area contributed by atoms with Crippen molar-refractivity contribution in [1.82, 2.24) is 9.97 Å². The maximum Gasteiger partial charge on any atom is 0.131 e. The highest BCUT2D eigenvalue weighted by atomic mass is 15.1. The molecule has 1 fully saturated rings. The molecular formula is C15H26N4. The Morgan fingerprint density at radius 2 is 2.05 bits per heavy atom. The second kappa shape index (κ2) is 6.22. The summed E-state index contributed by atoms with van der Waals surface area (Å²) in [7, 11) is 0. The zero-order chi connectivity index (χ0) is 13.7. The van der Waals surface area contributed by atoms with Crippen molar-refractivity contribution in [2.24, 2.45) is 5.41 Å². The molecule has 1 aromatic rings. The molecule has 0 aromatic carbocycles. The maximum absolute atomic E-state index is 4.34. The molecule has 2 N–H and O–H groups in total. The first-order valence-electron chi connectivity index (χ1n) is 7.44. The van der Waals surface area contributed by atoms with Crippen molar-refractivity contribution < 1.29 is 0 Å². The number of nitrogens with one attached hydrogen (secondary N) is 2. The molecule has 1 aromatic heterocycles. The molecule has 1 atom stereocenters. The van der Waals surface area contributed by atoms with E-state index in [1.54, 1.807) is 6.33 Å². The second-order valence-corrected chi connectivity index (χ2v) is 6.15. The van der Waals surface area contributed by atoms with Gasteiger partial charge in [0.1, 0.15) is 18.0 Å². The van der Waals surface area contributed by atoms with E-state index in [1.807, 2.05) is 6.07 Å². The predicted molar refractivity (Wildman–Crippen MR) is 80.5 cm³/mol. The molecule has 106 valence electrons. The average molecular weight is 262 g/mol. The van der Waals surface area contributed by atoms with Crippen molar-refractivity contribution >= 4 is 11.6 Å². The van der Waals surface area contributed by atoms with Crippen LogP contribution in [0.4, 0.5) is 11.6 Å². The number of rotatable bonds is 5. The van der Waals surface area contributed by atoms with Gasteiger partial charge in [0.05, 0.1) is 0 Å². The summed E-state index contributed by atoms with van der Waals surface area (Å²) in [4.78, 5) is 8.59. The van der Waals surface area contributed by atoms with Gasteiger partial charge in [-0.2, -0.15) is 0 Å². The van der Waals surface area contributed by atoms with E-state index in [9.17, 15) is 0 Å². The Bertz CT molecular complexity index is 403. The van der Waals surface area contributed by atoms with Gasteiger partial charge in [-0.15, -0.1) is 0 Å². The number of aromatic nitrogens is 2. The van der Waals surface area contributed by atoms with E-state index < -0.39 is 0 Å². The van der Waals surface area contributed by atoms with Gasteiger partial charge in [-0.05, 0) is 24.7 Å². The lowest BCUT2D eigenvalue weighted by Gasteiger charge is -2.39. The molecule has 4 heteroatoms. The standard InChI is InChI=1S/C15H26N4/c1-4-9-16-13-10-14(18-11-17-13)19-12-7-5-6-8-15(12,2)3/h10-12H,4-9H2,1-3H3,(H2,16,17,18,19). The van der Waals surface area contributed by atoms with E-state index in [0.29, 0.717) is 11.5 Å². The fourth-order valence-electron chi connectivity index (χ4n) is 2.73. The predicted octanol–water partition coefficient (Wildman–Crippen LogP) is 3.68. The van der Waals surface area contributed by atoms with E-state index in [0.717, 1.165) is 24.6 Å². The molecular weight excluding hydrogens is 236 g/mol. The van der Waals surface area contributed by atoms with Crippen LogP contribution in [0.15, 0.2) is 12.4 Å². The van der Waals surface area contributed by atoms with Crippen LogP contribution in [-0.2, 0) is 0 Å². The molecule has 1 unspecified atom stereocenters. The van der Waals surface area contributed by atoms with Crippen LogP contribution in [0, 0.1) is 5.41 Å². The highest BCUT2D eigenvalue weighted by molar-refractivity contribution is 5.47. The quantitative estimate of drug-likeness (QED) is 0.850. The summed E-state index contributed by atoms with van der Waals surface area (Å²) in [6, 6.07) is 2.52. The zero-order valence-corrected chi connectivity index (χ0v) is 12.4. The van der Waals surface area contributed by atoms with Crippen molar-refractivity contribution in [1.29, 1.82) is 0 Å². The second-order valence-electron chi connectivity index (χ2n) is 6.15. The minimum Gasteiger partial charge on any atom is -0.370 e. The molecule has 0 aliphatic heterocycles. The van der Waals surface area contributed by atoms with Gasteiger partial charge in [-0.3, -0.25) is 0 Å². The van der Waals surface area contributed by atoms with Gasteiger partial charge in [0.15, 0.2) is 0 Å². The smallest absolute Gasteiger partial charge is 0.131 e. The highest BCUT2D eigenvalue weighted by Crippen LogP contribution is 2.37. The van der Waals surface area contributed by atoms with Crippen LogP contribution in [0.5, 0.6) is 0 Å². The summed E-state index contributed by atoms with van der Waals surface area (Å²) in [5.41, 5.74) is 0.347. The van der Waals surface area contributed by atoms with Gasteiger partial charge < -0.3 is 10.6 Å². The minimum absolute atomic E-state index is 0.347. The van der Waals surface area contributed by atoms with Crippen molar-refractivity contribution in [3.05, 3.63) is 12.4 Å². The van der Waals surface area contributed by atoms with E-state index in [1.165, 1.54) is 25.7 Å². The highest BCUT2D eigenvalue weighted by Gasteiger charge is 2.32. The van der Waals surface area contributed by atoms with Gasteiger partial charge in [-0.1, -0.05) is 33.6 Å². The molecule has 0 radical (unpaired) electrons. The third-order valence-electron chi connectivity index (χ3n) is 4.05. The first-order chi connectivity index (χ1) is 9.12. The molecule has 0 amide bonds. The Balaban J connectivity index is 2.01. The Hall–Kier alpha value is -1.32. The topological polar surface area (TPSA) is 49.8 Å². The average Bonchev–Trinajstić information content (AvgIpc) is 2.39. The van der Waals surface area contributed by atoms with E-state index >= 15 is 0 Å². The molecule has 1 aliphatic carbocycles. The van der Waals surface area contributed by atoms with Crippen molar-refractivity contribution in [2.45, 2.75) is 58.9 Å². The monoisotopic (exact) mass is 262 g/mol. The molecule has 19 heavy (non-hydrogen) atoms. The summed E-state index contributed by atoms with van der Waals surface area (Å²) in [5, 5.41) is 6.90. The fraction of sp³-hybridized carbons (Fsp3) is 0.733. The Morgan fingerprint density at radius 1 is 1.26 bits per heavy atom. The summed E-state index contributed by atoms with van der Waals surface area (Å²) < 4.78 is 0.